The molecule has 0 aliphatic rings. The quantitative estimate of drug-likeness (QED) is 0.425. The van der Waals surface area contributed by atoms with Gasteiger partial charge in [0.2, 0.25) is 0 Å². The Balaban J connectivity index is 0. The van der Waals surface area contributed by atoms with Gasteiger partial charge in [-0.15, -0.1) is 11.6 Å². The van der Waals surface area contributed by atoms with Crippen LogP contribution < -0.4 is 5.32 Å². The van der Waals surface area contributed by atoms with Gasteiger partial charge in [-0.3, -0.25) is 0 Å². The van der Waals surface area contributed by atoms with Gasteiger partial charge in [-0.2, -0.15) is 0 Å². The van der Waals surface area contributed by atoms with Crippen molar-refractivity contribution in [1.29, 1.82) is 0 Å². The Morgan fingerprint density at radius 1 is 0.688 bits per heavy atom. The van der Waals surface area contributed by atoms with E-state index in [0.717, 1.165) is 5.88 Å². The van der Waals surface area contributed by atoms with Crippen molar-refractivity contribution in [3.05, 3.63) is 0 Å². The van der Waals surface area contributed by atoms with E-state index in [1.165, 1.54) is 64.2 Å². The first-order valence-electron chi connectivity index (χ1n) is 6.97. The lowest BCUT2D eigenvalue weighted by Gasteiger charge is -2.00. The number of hydrogen-bond acceptors (Lipinski definition) is 1. The van der Waals surface area contributed by atoms with Crippen LogP contribution in [-0.2, 0) is 0 Å². The number of rotatable bonds is 10. The van der Waals surface area contributed by atoms with E-state index in [-0.39, 0.29) is 0 Å². The van der Waals surface area contributed by atoms with E-state index in [0.29, 0.717) is 0 Å². The Labute approximate surface area is 108 Å². The lowest BCUT2D eigenvalue weighted by Crippen LogP contribution is -1.89. The van der Waals surface area contributed by atoms with Crippen molar-refractivity contribution in [3.8, 4) is 0 Å². The van der Waals surface area contributed by atoms with Crippen molar-refractivity contribution in [1.82, 2.24) is 5.32 Å². The standard InChI is InChI=1S/C12H25Cl.C2H7N/c1-2-3-4-5-6-7-8-9-10-11-12-13;1-3-2/h2-12H2,1H3;3H,1-2H3. The summed E-state index contributed by atoms with van der Waals surface area (Å²) >= 11 is 5.60. The molecule has 0 unspecified atom stereocenters. The van der Waals surface area contributed by atoms with Crippen molar-refractivity contribution in [2.75, 3.05) is 20.0 Å². The van der Waals surface area contributed by atoms with Crippen molar-refractivity contribution in [3.63, 3.8) is 0 Å². The first-order valence-corrected chi connectivity index (χ1v) is 7.51. The van der Waals surface area contributed by atoms with Gasteiger partial charge in [0.25, 0.3) is 0 Å². The molecule has 0 bridgehead atoms. The third kappa shape index (κ3) is 23.8. The molecule has 1 nitrogen and oxygen atoms in total. The fraction of sp³-hybridized carbons (Fsp3) is 1.00. The van der Waals surface area contributed by atoms with Crippen LogP contribution in [-0.4, -0.2) is 20.0 Å². The normalized spacial score (nSPS) is 9.75. The van der Waals surface area contributed by atoms with Crippen LogP contribution in [0.1, 0.15) is 71.1 Å². The first kappa shape index (κ1) is 18.6. The van der Waals surface area contributed by atoms with Gasteiger partial charge in [0.1, 0.15) is 0 Å². The Kier molecular flexibility index (Phi) is 24.0. The van der Waals surface area contributed by atoms with Crippen LogP contribution in [0, 0.1) is 0 Å². The summed E-state index contributed by atoms with van der Waals surface area (Å²) in [5, 5.41) is 2.75. The van der Waals surface area contributed by atoms with Crippen LogP contribution in [0.3, 0.4) is 0 Å². The minimum absolute atomic E-state index is 0.844. The highest BCUT2D eigenvalue weighted by Crippen LogP contribution is 2.10. The van der Waals surface area contributed by atoms with Gasteiger partial charge in [0, 0.05) is 5.88 Å². The summed E-state index contributed by atoms with van der Waals surface area (Å²) in [7, 11) is 3.75. The molecule has 0 rings (SSSR count). The van der Waals surface area contributed by atoms with Crippen LogP contribution in [0.2, 0.25) is 0 Å². The van der Waals surface area contributed by atoms with Crippen molar-refractivity contribution in [2.45, 2.75) is 71.1 Å². The minimum atomic E-state index is 0.844. The van der Waals surface area contributed by atoms with E-state index >= 15 is 0 Å². The molecule has 0 aromatic heterocycles. The summed E-state index contributed by atoms with van der Waals surface area (Å²) in [6.45, 7) is 2.27. The zero-order chi connectivity index (χ0) is 12.5. The highest BCUT2D eigenvalue weighted by atomic mass is 35.5. The van der Waals surface area contributed by atoms with Crippen LogP contribution in [0.25, 0.3) is 0 Å². The van der Waals surface area contributed by atoms with E-state index in [4.69, 9.17) is 11.6 Å². The number of hydrogen-bond donors (Lipinski definition) is 1. The first-order chi connectivity index (χ1) is 7.83. The monoisotopic (exact) mass is 249 g/mol. The van der Waals surface area contributed by atoms with E-state index in [1.807, 2.05) is 14.1 Å². The molecular formula is C14H32ClN. The minimum Gasteiger partial charge on any atom is -0.323 e. The molecule has 0 saturated carbocycles. The van der Waals surface area contributed by atoms with Crippen molar-refractivity contribution >= 4 is 11.6 Å². The second-order valence-electron chi connectivity index (χ2n) is 4.37. The lowest BCUT2D eigenvalue weighted by molar-refractivity contribution is 0.563. The molecular weight excluding hydrogens is 218 g/mol. The highest BCUT2D eigenvalue weighted by molar-refractivity contribution is 6.17. The molecule has 0 aromatic carbocycles. The molecule has 0 amide bonds. The summed E-state index contributed by atoms with van der Waals surface area (Å²) in [5.41, 5.74) is 0. The van der Waals surface area contributed by atoms with Gasteiger partial charge in [0.15, 0.2) is 0 Å². The fourth-order valence-electron chi connectivity index (χ4n) is 1.58. The Morgan fingerprint density at radius 3 is 1.31 bits per heavy atom. The maximum atomic E-state index is 5.60. The SMILES string of the molecule is CCCCCCCCCCCCCl.CNC. The predicted molar refractivity (Wildman–Crippen MR) is 77.5 cm³/mol. The molecule has 0 aliphatic heterocycles. The van der Waals surface area contributed by atoms with Crippen LogP contribution in [0.4, 0.5) is 0 Å². The maximum absolute atomic E-state index is 5.60. The van der Waals surface area contributed by atoms with E-state index < -0.39 is 0 Å². The third-order valence-corrected chi connectivity index (χ3v) is 2.75. The molecule has 0 spiro atoms. The number of halogens is 1. The Bertz CT molecular complexity index is 86.7. The molecule has 0 saturated heterocycles. The second-order valence-corrected chi connectivity index (χ2v) is 4.75. The maximum Gasteiger partial charge on any atom is 0.0223 e. The van der Waals surface area contributed by atoms with Crippen LogP contribution >= 0.6 is 11.6 Å². The molecule has 0 radical (unpaired) electrons. The largest absolute Gasteiger partial charge is 0.323 e. The molecule has 16 heavy (non-hydrogen) atoms. The highest BCUT2D eigenvalue weighted by Gasteiger charge is 1.91. The Morgan fingerprint density at radius 2 is 1.00 bits per heavy atom. The number of unbranched alkanes of at least 4 members (excludes halogenated alkanes) is 9. The van der Waals surface area contributed by atoms with Crippen LogP contribution in [0.15, 0.2) is 0 Å². The van der Waals surface area contributed by atoms with Gasteiger partial charge in [-0.25, -0.2) is 0 Å². The van der Waals surface area contributed by atoms with E-state index in [1.54, 1.807) is 0 Å². The predicted octanol–water partition coefficient (Wildman–Crippen LogP) is 4.98. The van der Waals surface area contributed by atoms with Gasteiger partial charge in [-0.1, -0.05) is 64.7 Å². The van der Waals surface area contributed by atoms with Crippen molar-refractivity contribution in [2.24, 2.45) is 0 Å². The van der Waals surface area contributed by atoms with Gasteiger partial charge in [0.05, 0.1) is 0 Å². The average molecular weight is 250 g/mol. The zero-order valence-corrected chi connectivity index (χ0v) is 12.4. The summed E-state index contributed by atoms with van der Waals surface area (Å²) in [4.78, 5) is 0. The summed E-state index contributed by atoms with van der Waals surface area (Å²) in [6, 6.07) is 0. The topological polar surface area (TPSA) is 12.0 Å². The smallest absolute Gasteiger partial charge is 0.0223 e. The molecule has 0 aromatic rings. The van der Waals surface area contributed by atoms with E-state index in [2.05, 4.69) is 12.2 Å². The molecule has 0 aliphatic carbocycles. The van der Waals surface area contributed by atoms with Gasteiger partial charge >= 0.3 is 0 Å². The number of alkyl halides is 1. The van der Waals surface area contributed by atoms with Crippen LogP contribution in [0.5, 0.6) is 0 Å². The van der Waals surface area contributed by atoms with E-state index in [9.17, 15) is 0 Å². The zero-order valence-electron chi connectivity index (χ0n) is 11.7. The molecule has 100 valence electrons. The molecule has 0 heterocycles. The fourth-order valence-corrected chi connectivity index (χ4v) is 1.77. The average Bonchev–Trinajstić information content (AvgIpc) is 2.28. The lowest BCUT2D eigenvalue weighted by atomic mass is 10.1. The molecule has 0 fully saturated rings. The molecule has 1 N–H and O–H groups in total. The number of nitrogens with one attached hydrogen (secondary N) is 1. The van der Waals surface area contributed by atoms with Crippen molar-refractivity contribution < 1.29 is 0 Å². The van der Waals surface area contributed by atoms with Gasteiger partial charge in [-0.05, 0) is 20.5 Å². The Hall–Kier alpha value is 0.250. The van der Waals surface area contributed by atoms with Gasteiger partial charge < -0.3 is 5.32 Å². The summed E-state index contributed by atoms with van der Waals surface area (Å²) in [6.07, 6.45) is 13.9. The second kappa shape index (κ2) is 20.6. The molecule has 0 atom stereocenters. The summed E-state index contributed by atoms with van der Waals surface area (Å²) in [5.74, 6) is 0.844. The summed E-state index contributed by atoms with van der Waals surface area (Å²) < 4.78 is 0. The molecule has 2 heteroatoms. The third-order valence-electron chi connectivity index (χ3n) is 2.49.